The number of ether oxygens (including phenoxy) is 1. The fourth-order valence-corrected chi connectivity index (χ4v) is 1.66. The van der Waals surface area contributed by atoms with Crippen LogP contribution in [-0.4, -0.2) is 38.1 Å². The summed E-state index contributed by atoms with van der Waals surface area (Å²) in [6, 6.07) is 3.30. The van der Waals surface area contributed by atoms with E-state index in [1.165, 1.54) is 19.2 Å². The first kappa shape index (κ1) is 16.6. The Kier molecular flexibility index (Phi) is 6.60. The first-order valence-electron chi connectivity index (χ1n) is 5.98. The number of hydrogen-bond donors (Lipinski definition) is 2. The predicted molar refractivity (Wildman–Crippen MR) is 75.9 cm³/mol. The summed E-state index contributed by atoms with van der Waals surface area (Å²) in [7, 11) is 1.53. The van der Waals surface area contributed by atoms with Crippen molar-refractivity contribution in [2.24, 2.45) is 0 Å². The molecule has 0 aliphatic rings. The maximum atomic E-state index is 13.3. The third-order valence-corrected chi connectivity index (χ3v) is 3.17. The molecule has 0 aromatic heterocycles. The molecule has 0 spiro atoms. The van der Waals surface area contributed by atoms with E-state index in [0.29, 0.717) is 13.2 Å². The van der Waals surface area contributed by atoms with E-state index in [9.17, 15) is 14.0 Å². The highest BCUT2D eigenvalue weighted by molar-refractivity contribution is 9.10. The van der Waals surface area contributed by atoms with Crippen molar-refractivity contribution in [3.8, 4) is 0 Å². The van der Waals surface area contributed by atoms with Crippen LogP contribution < -0.4 is 10.6 Å². The summed E-state index contributed by atoms with van der Waals surface area (Å²) in [6.07, 6.45) is 0. The lowest BCUT2D eigenvalue weighted by molar-refractivity contribution is -0.122. The van der Waals surface area contributed by atoms with Gasteiger partial charge < -0.3 is 15.4 Å². The van der Waals surface area contributed by atoms with Crippen LogP contribution in [-0.2, 0) is 9.53 Å². The summed E-state index contributed by atoms with van der Waals surface area (Å²) in [4.78, 5) is 23.5. The number of rotatable bonds is 6. The summed E-state index contributed by atoms with van der Waals surface area (Å²) >= 11 is 3.01. The molecule has 5 nitrogen and oxygen atoms in total. The van der Waals surface area contributed by atoms with Crippen LogP contribution in [0.1, 0.15) is 17.3 Å². The van der Waals surface area contributed by atoms with Crippen LogP contribution in [0.3, 0.4) is 0 Å². The molecule has 20 heavy (non-hydrogen) atoms. The van der Waals surface area contributed by atoms with Gasteiger partial charge in [-0.1, -0.05) is 0 Å². The zero-order chi connectivity index (χ0) is 15.1. The van der Waals surface area contributed by atoms with Crippen molar-refractivity contribution in [2.45, 2.75) is 13.0 Å². The zero-order valence-electron chi connectivity index (χ0n) is 11.2. The SMILES string of the molecule is COCCNC(=O)C(C)NC(=O)c1ccc(Br)c(F)c1. The van der Waals surface area contributed by atoms with E-state index in [0.717, 1.165) is 6.07 Å². The zero-order valence-corrected chi connectivity index (χ0v) is 12.8. The van der Waals surface area contributed by atoms with Crippen molar-refractivity contribution >= 4 is 27.7 Å². The first-order valence-corrected chi connectivity index (χ1v) is 6.77. The molecule has 0 fully saturated rings. The van der Waals surface area contributed by atoms with E-state index in [4.69, 9.17) is 4.74 Å². The molecule has 0 aliphatic heterocycles. The van der Waals surface area contributed by atoms with Gasteiger partial charge in [0.15, 0.2) is 0 Å². The average molecular weight is 347 g/mol. The Morgan fingerprint density at radius 1 is 1.45 bits per heavy atom. The number of carbonyl (C=O) groups is 2. The maximum Gasteiger partial charge on any atom is 0.252 e. The minimum atomic E-state index is -0.717. The third-order valence-electron chi connectivity index (χ3n) is 2.53. The van der Waals surface area contributed by atoms with E-state index >= 15 is 0 Å². The molecule has 1 unspecified atom stereocenters. The van der Waals surface area contributed by atoms with Gasteiger partial charge in [-0.05, 0) is 41.1 Å². The largest absolute Gasteiger partial charge is 0.383 e. The molecular weight excluding hydrogens is 331 g/mol. The molecule has 1 aromatic carbocycles. The molecule has 0 saturated carbocycles. The molecule has 7 heteroatoms. The van der Waals surface area contributed by atoms with Crippen LogP contribution in [0.15, 0.2) is 22.7 Å². The second-order valence-electron chi connectivity index (χ2n) is 4.11. The number of amides is 2. The van der Waals surface area contributed by atoms with E-state index < -0.39 is 17.8 Å². The monoisotopic (exact) mass is 346 g/mol. The van der Waals surface area contributed by atoms with Crippen LogP contribution >= 0.6 is 15.9 Å². The minimum Gasteiger partial charge on any atom is -0.383 e. The molecule has 0 saturated heterocycles. The Hall–Kier alpha value is -1.47. The molecule has 0 aliphatic carbocycles. The molecule has 1 atom stereocenters. The topological polar surface area (TPSA) is 67.4 Å². The van der Waals surface area contributed by atoms with Crippen LogP contribution in [0.4, 0.5) is 4.39 Å². The van der Waals surface area contributed by atoms with Crippen molar-refractivity contribution in [3.63, 3.8) is 0 Å². The molecule has 1 rings (SSSR count). The molecule has 0 radical (unpaired) electrons. The van der Waals surface area contributed by atoms with Gasteiger partial charge >= 0.3 is 0 Å². The second kappa shape index (κ2) is 7.96. The van der Waals surface area contributed by atoms with Crippen molar-refractivity contribution in [1.82, 2.24) is 10.6 Å². The van der Waals surface area contributed by atoms with Gasteiger partial charge in [0.2, 0.25) is 5.91 Å². The van der Waals surface area contributed by atoms with Crippen LogP contribution in [0.2, 0.25) is 0 Å². The normalized spacial score (nSPS) is 11.8. The fourth-order valence-electron chi connectivity index (χ4n) is 1.41. The number of carbonyl (C=O) groups excluding carboxylic acids is 2. The Labute approximate surface area is 125 Å². The van der Waals surface area contributed by atoms with Gasteiger partial charge in [-0.25, -0.2) is 4.39 Å². The second-order valence-corrected chi connectivity index (χ2v) is 4.96. The van der Waals surface area contributed by atoms with Crippen molar-refractivity contribution in [3.05, 3.63) is 34.1 Å². The van der Waals surface area contributed by atoms with Crippen LogP contribution in [0.25, 0.3) is 0 Å². The summed E-state index contributed by atoms with van der Waals surface area (Å²) in [6.45, 7) is 2.31. The third kappa shape index (κ3) is 4.90. The van der Waals surface area contributed by atoms with Crippen molar-refractivity contribution in [2.75, 3.05) is 20.3 Å². The van der Waals surface area contributed by atoms with Gasteiger partial charge in [0, 0.05) is 19.2 Å². The summed E-state index contributed by atoms with van der Waals surface area (Å²) < 4.78 is 18.4. The Morgan fingerprint density at radius 2 is 2.15 bits per heavy atom. The average Bonchev–Trinajstić information content (AvgIpc) is 2.41. The van der Waals surface area contributed by atoms with Gasteiger partial charge in [-0.15, -0.1) is 0 Å². The number of methoxy groups -OCH3 is 1. The lowest BCUT2D eigenvalue weighted by atomic mass is 10.2. The smallest absolute Gasteiger partial charge is 0.252 e. The number of benzene rings is 1. The highest BCUT2D eigenvalue weighted by Gasteiger charge is 2.16. The van der Waals surface area contributed by atoms with Gasteiger partial charge in [0.05, 0.1) is 11.1 Å². The fraction of sp³-hybridized carbons (Fsp3) is 0.385. The lowest BCUT2D eigenvalue weighted by Gasteiger charge is -2.14. The van der Waals surface area contributed by atoms with Crippen molar-refractivity contribution < 1.29 is 18.7 Å². The maximum absolute atomic E-state index is 13.3. The van der Waals surface area contributed by atoms with Gasteiger partial charge in [0.1, 0.15) is 11.9 Å². The molecule has 2 N–H and O–H groups in total. The Morgan fingerprint density at radius 3 is 2.75 bits per heavy atom. The number of hydrogen-bond acceptors (Lipinski definition) is 3. The predicted octanol–water partition coefficient (Wildman–Crippen LogP) is 1.47. The van der Waals surface area contributed by atoms with Crippen LogP contribution in [0.5, 0.6) is 0 Å². The van der Waals surface area contributed by atoms with Gasteiger partial charge in [-0.2, -0.15) is 0 Å². The minimum absolute atomic E-state index is 0.155. The number of nitrogens with one attached hydrogen (secondary N) is 2. The molecule has 0 bridgehead atoms. The molecule has 1 aromatic rings. The first-order chi connectivity index (χ1) is 9.45. The van der Waals surface area contributed by atoms with Gasteiger partial charge in [0.25, 0.3) is 5.91 Å². The van der Waals surface area contributed by atoms with Gasteiger partial charge in [-0.3, -0.25) is 9.59 Å². The lowest BCUT2D eigenvalue weighted by Crippen LogP contribution is -2.45. The van der Waals surface area contributed by atoms with E-state index in [-0.39, 0.29) is 15.9 Å². The molecular formula is C13H16BrFN2O3. The Balaban J connectivity index is 2.56. The van der Waals surface area contributed by atoms with E-state index in [1.54, 1.807) is 6.92 Å². The highest BCUT2D eigenvalue weighted by Crippen LogP contribution is 2.16. The van der Waals surface area contributed by atoms with Crippen molar-refractivity contribution in [1.29, 1.82) is 0 Å². The summed E-state index contributed by atoms with van der Waals surface area (Å²) in [5, 5.41) is 5.10. The quantitative estimate of drug-likeness (QED) is 0.766. The number of halogens is 2. The highest BCUT2D eigenvalue weighted by atomic mass is 79.9. The summed E-state index contributed by atoms with van der Waals surface area (Å²) in [5.41, 5.74) is 0.155. The molecule has 0 heterocycles. The van der Waals surface area contributed by atoms with Crippen LogP contribution in [0, 0.1) is 5.82 Å². The Bertz CT molecular complexity index is 497. The van der Waals surface area contributed by atoms with E-state index in [2.05, 4.69) is 26.6 Å². The molecule has 110 valence electrons. The van der Waals surface area contributed by atoms with E-state index in [1.807, 2.05) is 0 Å². The summed E-state index contributed by atoms with van der Waals surface area (Å²) in [5.74, 6) is -1.37. The standard InChI is InChI=1S/C13H16BrFN2O3/c1-8(12(18)16-5-6-20-2)17-13(19)9-3-4-10(14)11(15)7-9/h3-4,7-8H,5-6H2,1-2H3,(H,16,18)(H,17,19). The molecule has 2 amide bonds.